The zero-order chi connectivity index (χ0) is 13.5. The summed E-state index contributed by atoms with van der Waals surface area (Å²) in [6.07, 6.45) is 13.9. The van der Waals surface area contributed by atoms with Crippen molar-refractivity contribution in [3.8, 4) is 0 Å². The number of rotatable bonds is 5. The van der Waals surface area contributed by atoms with Crippen LogP contribution in [0.25, 0.3) is 0 Å². The van der Waals surface area contributed by atoms with Crippen LogP contribution >= 0.6 is 0 Å². The molecular weight excluding hydrogens is 236 g/mol. The highest BCUT2D eigenvalue weighted by Crippen LogP contribution is 2.18. The van der Waals surface area contributed by atoms with E-state index in [4.69, 9.17) is 0 Å². The zero-order valence-electron chi connectivity index (χ0n) is 12.5. The Kier molecular flexibility index (Phi) is 6.15. The summed E-state index contributed by atoms with van der Waals surface area (Å²) in [5.41, 5.74) is 0. The number of amides is 1. The minimum atomic E-state index is 0.144. The summed E-state index contributed by atoms with van der Waals surface area (Å²) in [6, 6.07) is 1.29. The van der Waals surface area contributed by atoms with Gasteiger partial charge in [0.1, 0.15) is 0 Å². The second-order valence-electron chi connectivity index (χ2n) is 6.45. The Morgan fingerprint density at radius 2 is 1.63 bits per heavy atom. The molecule has 2 rings (SSSR count). The Labute approximate surface area is 117 Å². The molecule has 0 spiro atoms. The molecule has 0 aromatic heterocycles. The van der Waals surface area contributed by atoms with Gasteiger partial charge in [-0.15, -0.1) is 0 Å². The van der Waals surface area contributed by atoms with Crippen molar-refractivity contribution in [3.63, 3.8) is 0 Å². The van der Waals surface area contributed by atoms with Crippen LogP contribution in [-0.4, -0.2) is 24.0 Å². The maximum absolute atomic E-state index is 12.4. The van der Waals surface area contributed by atoms with E-state index in [1.807, 2.05) is 0 Å². The van der Waals surface area contributed by atoms with Crippen molar-refractivity contribution in [2.75, 3.05) is 0 Å². The number of nitrogens with one attached hydrogen (secondary N) is 1. The Morgan fingerprint density at radius 1 is 1.05 bits per heavy atom. The van der Waals surface area contributed by atoms with Gasteiger partial charge in [0.15, 0.2) is 6.04 Å². The van der Waals surface area contributed by atoms with Crippen molar-refractivity contribution in [1.82, 2.24) is 5.32 Å². The van der Waals surface area contributed by atoms with Gasteiger partial charge in [0, 0.05) is 12.5 Å². The molecule has 3 heteroatoms. The molecule has 0 unspecified atom stereocenters. The molecule has 1 amide bonds. The lowest BCUT2D eigenvalue weighted by molar-refractivity contribution is -0.712. The van der Waals surface area contributed by atoms with E-state index in [-0.39, 0.29) is 6.04 Å². The number of carbonyl (C=O) groups is 1. The van der Waals surface area contributed by atoms with Crippen LogP contribution < -0.4 is 10.6 Å². The van der Waals surface area contributed by atoms with E-state index < -0.39 is 0 Å². The van der Waals surface area contributed by atoms with Crippen LogP contribution in [0.15, 0.2) is 0 Å². The molecule has 110 valence electrons. The van der Waals surface area contributed by atoms with Gasteiger partial charge in [0.2, 0.25) is 0 Å². The summed E-state index contributed by atoms with van der Waals surface area (Å²) in [5, 5.41) is 5.65. The molecule has 0 radical (unpaired) electrons. The van der Waals surface area contributed by atoms with Crippen molar-refractivity contribution < 1.29 is 10.1 Å². The maximum atomic E-state index is 12.4. The summed E-state index contributed by atoms with van der Waals surface area (Å²) >= 11 is 0. The molecule has 0 heterocycles. The van der Waals surface area contributed by atoms with Gasteiger partial charge < -0.3 is 10.6 Å². The first-order valence-corrected chi connectivity index (χ1v) is 8.45. The van der Waals surface area contributed by atoms with Gasteiger partial charge in [0.05, 0.1) is 6.04 Å². The highest BCUT2D eigenvalue weighted by atomic mass is 16.2. The second-order valence-corrected chi connectivity index (χ2v) is 6.45. The summed E-state index contributed by atoms with van der Waals surface area (Å²) in [4.78, 5) is 12.4. The standard InChI is InChI=1S/C16H30N2O/c1-2-15(17-13-9-5-3-6-10-13)16(19)18-14-11-7-4-8-12-14/h13-15,17H,2-12H2,1H3,(H,18,19)/p+1/t15-/m0/s1. The van der Waals surface area contributed by atoms with Crippen molar-refractivity contribution in [2.24, 2.45) is 0 Å². The average Bonchev–Trinajstić information content (AvgIpc) is 2.47. The lowest BCUT2D eigenvalue weighted by Gasteiger charge is -2.27. The van der Waals surface area contributed by atoms with Gasteiger partial charge >= 0.3 is 0 Å². The summed E-state index contributed by atoms with van der Waals surface area (Å²) in [7, 11) is 0. The highest BCUT2D eigenvalue weighted by molar-refractivity contribution is 5.80. The molecule has 0 aliphatic heterocycles. The highest BCUT2D eigenvalue weighted by Gasteiger charge is 2.27. The molecule has 2 aliphatic carbocycles. The predicted molar refractivity (Wildman–Crippen MR) is 77.9 cm³/mol. The molecule has 1 atom stereocenters. The van der Waals surface area contributed by atoms with Gasteiger partial charge in [0.25, 0.3) is 5.91 Å². The lowest BCUT2D eigenvalue weighted by Crippen LogP contribution is -2.97. The summed E-state index contributed by atoms with van der Waals surface area (Å²) < 4.78 is 0. The minimum Gasteiger partial charge on any atom is -0.348 e. The molecule has 3 nitrogen and oxygen atoms in total. The predicted octanol–water partition coefficient (Wildman–Crippen LogP) is 2.11. The number of nitrogens with two attached hydrogens (primary N) is 1. The number of carbonyl (C=O) groups excluding carboxylic acids is 1. The van der Waals surface area contributed by atoms with Gasteiger partial charge in [-0.2, -0.15) is 0 Å². The first-order chi connectivity index (χ1) is 9.29. The van der Waals surface area contributed by atoms with Crippen molar-refractivity contribution in [1.29, 1.82) is 0 Å². The lowest BCUT2D eigenvalue weighted by atomic mass is 9.93. The number of quaternary nitrogens is 1. The Balaban J connectivity index is 1.76. The smallest absolute Gasteiger partial charge is 0.278 e. The van der Waals surface area contributed by atoms with E-state index >= 15 is 0 Å². The number of hydrogen-bond donors (Lipinski definition) is 2. The molecule has 0 saturated heterocycles. The molecule has 2 fully saturated rings. The molecule has 0 bridgehead atoms. The minimum absolute atomic E-state index is 0.144. The fourth-order valence-corrected chi connectivity index (χ4v) is 3.62. The number of hydrogen-bond acceptors (Lipinski definition) is 1. The molecule has 2 aliphatic rings. The largest absolute Gasteiger partial charge is 0.348 e. The van der Waals surface area contributed by atoms with E-state index in [9.17, 15) is 4.79 Å². The third-order valence-corrected chi connectivity index (χ3v) is 4.88. The van der Waals surface area contributed by atoms with E-state index in [2.05, 4.69) is 17.6 Å². The zero-order valence-corrected chi connectivity index (χ0v) is 12.5. The van der Waals surface area contributed by atoms with Gasteiger partial charge in [-0.3, -0.25) is 4.79 Å². The topological polar surface area (TPSA) is 45.7 Å². The van der Waals surface area contributed by atoms with Gasteiger partial charge in [-0.1, -0.05) is 32.6 Å². The fourth-order valence-electron chi connectivity index (χ4n) is 3.62. The molecule has 0 aromatic carbocycles. The quantitative estimate of drug-likeness (QED) is 0.787. The third-order valence-electron chi connectivity index (χ3n) is 4.88. The Bertz CT molecular complexity index is 268. The van der Waals surface area contributed by atoms with Crippen LogP contribution in [0.3, 0.4) is 0 Å². The van der Waals surface area contributed by atoms with E-state index in [1.54, 1.807) is 0 Å². The van der Waals surface area contributed by atoms with Gasteiger partial charge in [-0.25, -0.2) is 0 Å². The van der Waals surface area contributed by atoms with Crippen LogP contribution in [-0.2, 0) is 4.79 Å². The first kappa shape index (κ1) is 14.8. The van der Waals surface area contributed by atoms with E-state index in [1.165, 1.54) is 64.2 Å². The summed E-state index contributed by atoms with van der Waals surface area (Å²) in [6.45, 7) is 2.14. The average molecular weight is 267 g/mol. The van der Waals surface area contributed by atoms with Crippen molar-refractivity contribution in [2.45, 2.75) is 95.7 Å². The van der Waals surface area contributed by atoms with Crippen LogP contribution in [0.5, 0.6) is 0 Å². The van der Waals surface area contributed by atoms with E-state index in [0.29, 0.717) is 18.0 Å². The van der Waals surface area contributed by atoms with E-state index in [0.717, 1.165) is 6.42 Å². The van der Waals surface area contributed by atoms with Crippen molar-refractivity contribution >= 4 is 5.91 Å². The molecule has 2 saturated carbocycles. The monoisotopic (exact) mass is 267 g/mol. The Hall–Kier alpha value is -0.570. The Morgan fingerprint density at radius 3 is 2.21 bits per heavy atom. The molecule has 3 N–H and O–H groups in total. The third kappa shape index (κ3) is 4.79. The van der Waals surface area contributed by atoms with Gasteiger partial charge in [-0.05, 0) is 38.5 Å². The maximum Gasteiger partial charge on any atom is 0.278 e. The van der Waals surface area contributed by atoms with Crippen molar-refractivity contribution in [3.05, 3.63) is 0 Å². The normalized spacial score (nSPS) is 24.1. The first-order valence-electron chi connectivity index (χ1n) is 8.45. The molecular formula is C16H31N2O+. The fraction of sp³-hybridized carbons (Fsp3) is 0.938. The second kappa shape index (κ2) is 7.88. The van der Waals surface area contributed by atoms with Crippen LogP contribution in [0.4, 0.5) is 0 Å². The van der Waals surface area contributed by atoms with Crippen LogP contribution in [0, 0.1) is 0 Å². The SMILES string of the molecule is CC[C@H]([NH2+]C1CCCCC1)C(=O)NC1CCCCC1. The van der Waals surface area contributed by atoms with Crippen LogP contribution in [0.1, 0.15) is 77.6 Å². The summed E-state index contributed by atoms with van der Waals surface area (Å²) in [5.74, 6) is 0.292. The molecule has 19 heavy (non-hydrogen) atoms. The molecule has 0 aromatic rings. The van der Waals surface area contributed by atoms with Crippen LogP contribution in [0.2, 0.25) is 0 Å².